The van der Waals surface area contributed by atoms with Crippen molar-refractivity contribution >= 4 is 18.0 Å². The van der Waals surface area contributed by atoms with Gasteiger partial charge in [-0.25, -0.2) is 9.59 Å². The van der Waals surface area contributed by atoms with Crippen LogP contribution in [0, 0.1) is 0 Å². The lowest BCUT2D eigenvalue weighted by molar-refractivity contribution is -0.144. The smallest absolute Gasteiger partial charge is 0.408 e. The number of alkyl carbamates (subject to hydrolysis) is 1. The van der Waals surface area contributed by atoms with E-state index in [9.17, 15) is 19.5 Å². The van der Waals surface area contributed by atoms with Gasteiger partial charge in [0.05, 0.1) is 0 Å². The average molecular weight is 412 g/mol. The third-order valence-electron chi connectivity index (χ3n) is 4.07. The van der Waals surface area contributed by atoms with Crippen LogP contribution in [0.2, 0.25) is 0 Å². The molecule has 0 bridgehead atoms. The van der Waals surface area contributed by atoms with Gasteiger partial charge >= 0.3 is 12.1 Å². The Bertz CT molecular complexity index is 636. The molecule has 0 radical (unpaired) electrons. The normalized spacial score (nSPS) is 12.8. The van der Waals surface area contributed by atoms with Crippen molar-refractivity contribution in [1.82, 2.24) is 10.6 Å². The van der Waals surface area contributed by atoms with Gasteiger partial charge in [0, 0.05) is 27.2 Å². The number of nitrogens with one attached hydrogen (secondary N) is 2. The molecule has 0 aliphatic rings. The number of amides is 2. The number of benzene rings is 1. The van der Waals surface area contributed by atoms with E-state index in [2.05, 4.69) is 10.6 Å². The van der Waals surface area contributed by atoms with Crippen LogP contribution in [-0.4, -0.2) is 67.4 Å². The van der Waals surface area contributed by atoms with Crippen LogP contribution < -0.4 is 10.6 Å². The maximum absolute atomic E-state index is 12.4. The number of carbonyl (C=O) groups is 3. The monoisotopic (exact) mass is 412 g/mol. The minimum absolute atomic E-state index is 0.00725. The summed E-state index contributed by atoms with van der Waals surface area (Å²) in [4.78, 5) is 35.8. The molecule has 1 aromatic carbocycles. The van der Waals surface area contributed by atoms with Crippen molar-refractivity contribution in [3.05, 3.63) is 35.9 Å². The highest BCUT2D eigenvalue weighted by Gasteiger charge is 2.27. The van der Waals surface area contributed by atoms with Crippen LogP contribution in [0.5, 0.6) is 0 Å². The number of ether oxygens (including phenoxy) is 3. The predicted molar refractivity (Wildman–Crippen MR) is 102 cm³/mol. The maximum atomic E-state index is 12.4. The van der Waals surface area contributed by atoms with Gasteiger partial charge in [-0.2, -0.15) is 0 Å². The molecule has 2 unspecified atom stereocenters. The predicted octanol–water partition coefficient (Wildman–Crippen LogP) is 0.632. The summed E-state index contributed by atoms with van der Waals surface area (Å²) in [6.07, 6.45) is -1.27. The molecule has 2 amide bonds. The molecule has 29 heavy (non-hydrogen) atoms. The van der Waals surface area contributed by atoms with Gasteiger partial charge in [-0.3, -0.25) is 4.79 Å². The van der Waals surface area contributed by atoms with E-state index < -0.39 is 36.3 Å². The lowest BCUT2D eigenvalue weighted by Crippen LogP contribution is -2.52. The van der Waals surface area contributed by atoms with Crippen LogP contribution in [0.25, 0.3) is 0 Å². The van der Waals surface area contributed by atoms with Crippen molar-refractivity contribution in [2.45, 2.75) is 44.2 Å². The summed E-state index contributed by atoms with van der Waals surface area (Å²) in [7, 11) is 2.84. The van der Waals surface area contributed by atoms with E-state index in [-0.39, 0.29) is 32.5 Å². The van der Waals surface area contributed by atoms with Crippen LogP contribution in [0.1, 0.15) is 24.8 Å². The molecular formula is C19H28N2O8. The fourth-order valence-corrected chi connectivity index (χ4v) is 2.47. The zero-order chi connectivity index (χ0) is 21.6. The number of hydrogen-bond acceptors (Lipinski definition) is 7. The van der Waals surface area contributed by atoms with E-state index in [1.54, 1.807) is 24.3 Å². The Labute approximate surface area is 169 Å². The second-order valence-electron chi connectivity index (χ2n) is 6.15. The van der Waals surface area contributed by atoms with E-state index in [1.165, 1.54) is 14.2 Å². The Kier molecular flexibility index (Phi) is 11.3. The van der Waals surface area contributed by atoms with Crippen molar-refractivity contribution in [3.63, 3.8) is 0 Å². The molecule has 0 saturated carbocycles. The SMILES string of the molecule is COC(CCC(NC(=O)C(CCO)NC(=O)OCc1ccccc1)C(=O)O)OC. The molecule has 162 valence electrons. The second kappa shape index (κ2) is 13.5. The lowest BCUT2D eigenvalue weighted by atomic mass is 10.1. The van der Waals surface area contributed by atoms with Crippen LogP contribution in [0.15, 0.2) is 30.3 Å². The van der Waals surface area contributed by atoms with Gasteiger partial charge in [0.1, 0.15) is 18.7 Å². The van der Waals surface area contributed by atoms with Crippen molar-refractivity contribution < 1.29 is 38.8 Å². The summed E-state index contributed by atoms with van der Waals surface area (Å²) in [5.74, 6) is -1.98. The first-order valence-corrected chi connectivity index (χ1v) is 9.08. The largest absolute Gasteiger partial charge is 0.480 e. The van der Waals surface area contributed by atoms with E-state index in [4.69, 9.17) is 19.3 Å². The van der Waals surface area contributed by atoms with Gasteiger partial charge < -0.3 is 35.1 Å². The maximum Gasteiger partial charge on any atom is 0.408 e. The third kappa shape index (κ3) is 9.37. The number of aliphatic hydroxyl groups excluding tert-OH is 1. The lowest BCUT2D eigenvalue weighted by Gasteiger charge is -2.22. The molecule has 10 heteroatoms. The summed E-state index contributed by atoms with van der Waals surface area (Å²) in [6, 6.07) is 6.60. The molecule has 2 atom stereocenters. The number of hydrogen-bond donors (Lipinski definition) is 4. The minimum atomic E-state index is -1.24. The molecule has 0 saturated heterocycles. The summed E-state index contributed by atoms with van der Waals surface area (Å²) >= 11 is 0. The number of aliphatic hydroxyl groups is 1. The number of carbonyl (C=O) groups excluding carboxylic acids is 2. The van der Waals surface area contributed by atoms with Gasteiger partial charge in [0.2, 0.25) is 5.91 Å². The third-order valence-corrected chi connectivity index (χ3v) is 4.07. The van der Waals surface area contributed by atoms with Gasteiger partial charge in [0.25, 0.3) is 0 Å². The molecule has 1 rings (SSSR count). The van der Waals surface area contributed by atoms with E-state index in [1.807, 2.05) is 6.07 Å². The van der Waals surface area contributed by atoms with Crippen molar-refractivity contribution in [1.29, 1.82) is 0 Å². The highest BCUT2D eigenvalue weighted by molar-refractivity contribution is 5.89. The molecular weight excluding hydrogens is 384 g/mol. The topological polar surface area (TPSA) is 143 Å². The first-order valence-electron chi connectivity index (χ1n) is 9.08. The Hall–Kier alpha value is -2.69. The summed E-state index contributed by atoms with van der Waals surface area (Å²) in [5, 5.41) is 23.2. The number of rotatable bonds is 13. The van der Waals surface area contributed by atoms with Crippen molar-refractivity contribution in [3.8, 4) is 0 Å². The second-order valence-corrected chi connectivity index (χ2v) is 6.15. The Morgan fingerprint density at radius 3 is 2.17 bits per heavy atom. The molecule has 0 heterocycles. The fraction of sp³-hybridized carbons (Fsp3) is 0.526. The van der Waals surface area contributed by atoms with Gasteiger partial charge in [-0.15, -0.1) is 0 Å². The van der Waals surface area contributed by atoms with Gasteiger partial charge in [-0.05, 0) is 18.4 Å². The van der Waals surface area contributed by atoms with Crippen molar-refractivity contribution in [2.24, 2.45) is 0 Å². The fourth-order valence-electron chi connectivity index (χ4n) is 2.47. The van der Waals surface area contributed by atoms with Crippen molar-refractivity contribution in [2.75, 3.05) is 20.8 Å². The number of aliphatic carboxylic acids is 1. The van der Waals surface area contributed by atoms with E-state index >= 15 is 0 Å². The van der Waals surface area contributed by atoms with E-state index in [0.717, 1.165) is 5.56 Å². The standard InChI is InChI=1S/C19H28N2O8/c1-27-16(28-2)9-8-15(18(24)25)20-17(23)14(10-11-22)21-19(26)29-12-13-6-4-3-5-7-13/h3-7,14-16,22H,8-12H2,1-2H3,(H,20,23)(H,21,26)(H,24,25). The molecule has 0 aliphatic heterocycles. The molecule has 4 N–H and O–H groups in total. The van der Waals surface area contributed by atoms with Crippen LogP contribution >= 0.6 is 0 Å². The number of carboxylic acid groups (broad SMARTS) is 1. The molecule has 0 aliphatic carbocycles. The average Bonchev–Trinajstić information content (AvgIpc) is 2.72. The molecule has 10 nitrogen and oxygen atoms in total. The summed E-state index contributed by atoms with van der Waals surface area (Å²) in [6.45, 7) is -0.377. The van der Waals surface area contributed by atoms with Gasteiger partial charge in [0.15, 0.2) is 6.29 Å². The van der Waals surface area contributed by atoms with E-state index in [0.29, 0.717) is 0 Å². The molecule has 0 spiro atoms. The number of methoxy groups -OCH3 is 2. The van der Waals surface area contributed by atoms with Gasteiger partial charge in [-0.1, -0.05) is 30.3 Å². The number of carboxylic acids is 1. The van der Waals surface area contributed by atoms with Crippen LogP contribution in [-0.2, 0) is 30.4 Å². The highest BCUT2D eigenvalue weighted by Crippen LogP contribution is 2.07. The Morgan fingerprint density at radius 2 is 1.62 bits per heavy atom. The molecule has 0 fully saturated rings. The first kappa shape index (κ1) is 24.3. The zero-order valence-electron chi connectivity index (χ0n) is 16.5. The van der Waals surface area contributed by atoms with Crippen LogP contribution in [0.4, 0.5) is 4.79 Å². The molecule has 0 aromatic heterocycles. The Balaban J connectivity index is 2.61. The zero-order valence-corrected chi connectivity index (χ0v) is 16.5. The quantitative estimate of drug-likeness (QED) is 0.346. The minimum Gasteiger partial charge on any atom is -0.480 e. The first-order chi connectivity index (χ1) is 13.9. The summed E-state index contributed by atoms with van der Waals surface area (Å²) in [5.41, 5.74) is 0.766. The molecule has 1 aromatic rings. The Morgan fingerprint density at radius 1 is 0.966 bits per heavy atom. The highest BCUT2D eigenvalue weighted by atomic mass is 16.7. The summed E-state index contributed by atoms with van der Waals surface area (Å²) < 4.78 is 15.1. The van der Waals surface area contributed by atoms with Crippen LogP contribution in [0.3, 0.4) is 0 Å².